The highest BCUT2D eigenvalue weighted by molar-refractivity contribution is 9.11. The normalized spacial score (nSPS) is 12.1. The van der Waals surface area contributed by atoms with Crippen molar-refractivity contribution in [1.82, 2.24) is 10.4 Å². The van der Waals surface area contributed by atoms with Crippen LogP contribution in [0.4, 0.5) is 26.3 Å². The molecule has 2 N–H and O–H groups in total. The van der Waals surface area contributed by atoms with Gasteiger partial charge in [0.25, 0.3) is 5.91 Å². The molecule has 0 saturated heterocycles. The molecule has 230 valence electrons. The van der Waals surface area contributed by atoms with Gasteiger partial charge in [-0.2, -0.15) is 31.4 Å². The molecule has 0 atom stereocenters. The predicted molar refractivity (Wildman–Crippen MR) is 162 cm³/mol. The van der Waals surface area contributed by atoms with Gasteiger partial charge in [-0.1, -0.05) is 64.5 Å². The minimum Gasteiger partial charge on any atom is -0.421 e. The third-order valence-corrected chi connectivity index (χ3v) is 7.50. The van der Waals surface area contributed by atoms with Crippen molar-refractivity contribution in [1.29, 1.82) is 0 Å². The van der Waals surface area contributed by atoms with E-state index < -0.39 is 35.4 Å². The molecule has 5 rings (SSSR count). The number of para-hydroxylation sites is 1. The van der Waals surface area contributed by atoms with Crippen LogP contribution < -0.4 is 10.2 Å². The van der Waals surface area contributed by atoms with Gasteiger partial charge in [0.2, 0.25) is 0 Å². The van der Waals surface area contributed by atoms with E-state index in [1.165, 1.54) is 24.3 Å². The maximum atomic E-state index is 13.8. The van der Waals surface area contributed by atoms with Gasteiger partial charge in [-0.25, -0.2) is 10.2 Å². The molecule has 1 amide bonds. The number of aromatic amines is 1. The molecule has 1 aromatic heterocycles. The Morgan fingerprint density at radius 1 is 0.844 bits per heavy atom. The Kier molecular flexibility index (Phi) is 8.90. The molecule has 4 aromatic carbocycles. The smallest absolute Gasteiger partial charge is 0.418 e. The fourth-order valence-electron chi connectivity index (χ4n) is 4.50. The molecule has 0 fully saturated rings. The molecular formula is C31H17Br2F6N3O3. The number of carbonyl (C=O) groups excluding carboxylic acids is 2. The molecular weight excluding hydrogens is 736 g/mol. The Bertz CT molecular complexity index is 1950. The molecule has 0 spiro atoms. The summed E-state index contributed by atoms with van der Waals surface area (Å²) in [6, 6.07) is 18.6. The highest BCUT2D eigenvalue weighted by Crippen LogP contribution is 2.40. The van der Waals surface area contributed by atoms with Crippen molar-refractivity contribution < 1.29 is 40.7 Å². The number of benzene rings is 4. The molecule has 45 heavy (non-hydrogen) atoms. The Morgan fingerprint density at radius 2 is 1.56 bits per heavy atom. The van der Waals surface area contributed by atoms with Crippen molar-refractivity contribution in [3.05, 3.63) is 122 Å². The standard InChI is InChI=1S/C31H17Br2F6N3O3/c32-20-13-18(27(23(33)14-20)45-29(44)17-8-4-9-19(12-17)30(34,35)36)15-40-42-28(43)26-24(16-6-2-1-3-7-16)21-10-5-11-22(25(21)41-26)31(37,38)39/h1-15,41H,(H,42,43). The Hall–Kier alpha value is -4.43. The lowest BCUT2D eigenvalue weighted by Crippen LogP contribution is -2.19. The number of rotatable bonds is 6. The SMILES string of the molecule is O=C(Oc1c(Br)cc(Br)cc1C=NNC(=O)c1[nH]c2c(C(F)(F)F)cccc2c1-c1ccccc1)c1cccc(C(F)(F)F)c1. The van der Waals surface area contributed by atoms with Crippen molar-refractivity contribution >= 4 is 60.9 Å². The molecule has 6 nitrogen and oxygen atoms in total. The van der Waals surface area contributed by atoms with Crippen molar-refractivity contribution in [2.24, 2.45) is 5.10 Å². The third-order valence-electron chi connectivity index (χ3n) is 6.46. The highest BCUT2D eigenvalue weighted by Gasteiger charge is 2.35. The second kappa shape index (κ2) is 12.5. The summed E-state index contributed by atoms with van der Waals surface area (Å²) < 4.78 is 86.9. The maximum absolute atomic E-state index is 13.8. The van der Waals surface area contributed by atoms with Crippen LogP contribution in [0.1, 0.15) is 37.5 Å². The monoisotopic (exact) mass is 751 g/mol. The summed E-state index contributed by atoms with van der Waals surface area (Å²) in [6.07, 6.45) is -8.27. The molecule has 0 bridgehead atoms. The first kappa shape index (κ1) is 32.0. The second-order valence-corrected chi connectivity index (χ2v) is 11.2. The number of alkyl halides is 6. The zero-order valence-electron chi connectivity index (χ0n) is 22.4. The van der Waals surface area contributed by atoms with E-state index in [0.717, 1.165) is 30.5 Å². The van der Waals surface area contributed by atoms with E-state index in [4.69, 9.17) is 4.74 Å². The number of nitrogens with zero attached hydrogens (tertiary/aromatic N) is 1. The maximum Gasteiger partial charge on any atom is 0.418 e. The van der Waals surface area contributed by atoms with Crippen LogP contribution in [0, 0.1) is 0 Å². The number of aromatic nitrogens is 1. The Morgan fingerprint density at radius 3 is 2.24 bits per heavy atom. The van der Waals surface area contributed by atoms with E-state index in [0.29, 0.717) is 16.1 Å². The number of hydrazone groups is 1. The van der Waals surface area contributed by atoms with Crippen LogP contribution >= 0.6 is 31.9 Å². The lowest BCUT2D eigenvalue weighted by Gasteiger charge is -2.12. The summed E-state index contributed by atoms with van der Waals surface area (Å²) in [5.74, 6) is -2.08. The number of hydrogen-bond donors (Lipinski definition) is 2. The van der Waals surface area contributed by atoms with Crippen molar-refractivity contribution in [3.63, 3.8) is 0 Å². The van der Waals surface area contributed by atoms with Crippen LogP contribution in [-0.2, 0) is 12.4 Å². The molecule has 5 aromatic rings. The number of ether oxygens (including phenoxy) is 1. The van der Waals surface area contributed by atoms with Crippen molar-refractivity contribution in [2.75, 3.05) is 0 Å². The third kappa shape index (κ3) is 6.96. The van der Waals surface area contributed by atoms with E-state index in [2.05, 4.69) is 47.4 Å². The lowest BCUT2D eigenvalue weighted by atomic mass is 10.0. The Labute approximate surface area is 267 Å². The summed E-state index contributed by atoms with van der Waals surface area (Å²) in [7, 11) is 0. The number of amides is 1. The van der Waals surface area contributed by atoms with Crippen LogP contribution in [0.25, 0.3) is 22.0 Å². The number of hydrogen-bond acceptors (Lipinski definition) is 4. The molecule has 0 aliphatic carbocycles. The van der Waals surface area contributed by atoms with E-state index in [-0.39, 0.29) is 43.5 Å². The number of nitrogens with one attached hydrogen (secondary N) is 2. The average Bonchev–Trinajstić information content (AvgIpc) is 3.38. The van der Waals surface area contributed by atoms with Gasteiger partial charge < -0.3 is 9.72 Å². The summed E-state index contributed by atoms with van der Waals surface area (Å²) in [4.78, 5) is 28.7. The number of fused-ring (bicyclic) bond motifs is 1. The fraction of sp³-hybridized carbons (Fsp3) is 0.0645. The molecule has 0 aliphatic heterocycles. The van der Waals surface area contributed by atoms with Gasteiger partial charge in [-0.15, -0.1) is 0 Å². The number of carbonyl (C=O) groups is 2. The van der Waals surface area contributed by atoms with Gasteiger partial charge >= 0.3 is 18.3 Å². The second-order valence-electron chi connectivity index (χ2n) is 9.44. The predicted octanol–water partition coefficient (Wildman–Crippen LogP) is 9.38. The first-order valence-electron chi connectivity index (χ1n) is 12.7. The topological polar surface area (TPSA) is 83.5 Å². The van der Waals surface area contributed by atoms with Gasteiger partial charge in [0, 0.05) is 21.0 Å². The zero-order valence-corrected chi connectivity index (χ0v) is 25.5. The summed E-state index contributed by atoms with van der Waals surface area (Å²) in [5, 5.41) is 4.09. The van der Waals surface area contributed by atoms with Crippen LogP contribution in [-0.4, -0.2) is 23.1 Å². The molecule has 14 heteroatoms. The van der Waals surface area contributed by atoms with E-state index in [9.17, 15) is 35.9 Å². The van der Waals surface area contributed by atoms with Gasteiger partial charge in [0.15, 0.2) is 5.75 Å². The fourth-order valence-corrected chi connectivity index (χ4v) is 5.84. The first-order valence-corrected chi connectivity index (χ1v) is 14.3. The van der Waals surface area contributed by atoms with Crippen molar-refractivity contribution in [3.8, 4) is 16.9 Å². The number of esters is 1. The summed E-state index contributed by atoms with van der Waals surface area (Å²) >= 11 is 6.53. The van der Waals surface area contributed by atoms with E-state index >= 15 is 0 Å². The van der Waals surface area contributed by atoms with Crippen LogP contribution in [0.2, 0.25) is 0 Å². The molecule has 0 radical (unpaired) electrons. The Balaban J connectivity index is 1.47. The van der Waals surface area contributed by atoms with E-state index in [1.807, 2.05) is 0 Å². The number of H-pyrrole nitrogens is 1. The summed E-state index contributed by atoms with van der Waals surface area (Å²) in [5.41, 5.74) is 0.293. The molecule has 1 heterocycles. The highest BCUT2D eigenvalue weighted by atomic mass is 79.9. The summed E-state index contributed by atoms with van der Waals surface area (Å²) in [6.45, 7) is 0. The average molecular weight is 753 g/mol. The first-order chi connectivity index (χ1) is 21.2. The van der Waals surface area contributed by atoms with Crippen LogP contribution in [0.5, 0.6) is 5.75 Å². The molecule has 0 saturated carbocycles. The molecule has 0 aliphatic rings. The number of halogens is 8. The van der Waals surface area contributed by atoms with Gasteiger partial charge in [-0.3, -0.25) is 4.79 Å². The van der Waals surface area contributed by atoms with Gasteiger partial charge in [0.05, 0.1) is 32.9 Å². The van der Waals surface area contributed by atoms with Gasteiger partial charge in [-0.05, 0) is 57.9 Å². The van der Waals surface area contributed by atoms with Crippen molar-refractivity contribution in [2.45, 2.75) is 12.4 Å². The zero-order chi connectivity index (χ0) is 32.5. The van der Waals surface area contributed by atoms with Crippen LogP contribution in [0.15, 0.2) is 99.0 Å². The van der Waals surface area contributed by atoms with Crippen LogP contribution in [0.3, 0.4) is 0 Å². The quantitative estimate of drug-likeness (QED) is 0.0597. The van der Waals surface area contributed by atoms with E-state index in [1.54, 1.807) is 30.3 Å². The minimum absolute atomic E-state index is 0.121. The molecule has 0 unspecified atom stereocenters. The minimum atomic E-state index is -4.69. The van der Waals surface area contributed by atoms with Gasteiger partial charge in [0.1, 0.15) is 5.69 Å². The lowest BCUT2D eigenvalue weighted by molar-refractivity contribution is -0.138. The largest absolute Gasteiger partial charge is 0.421 e.